The summed E-state index contributed by atoms with van der Waals surface area (Å²) in [4.78, 5) is 22.8. The zero-order valence-corrected chi connectivity index (χ0v) is 8.04. The fourth-order valence-corrected chi connectivity index (χ4v) is 1.51. The average molecular weight is 210 g/mol. The van der Waals surface area contributed by atoms with Crippen LogP contribution in [0.3, 0.4) is 0 Å². The van der Waals surface area contributed by atoms with Gasteiger partial charge in [0.05, 0.1) is 0 Å². The van der Waals surface area contributed by atoms with Crippen molar-refractivity contribution in [3.8, 4) is 0 Å². The van der Waals surface area contributed by atoms with Crippen LogP contribution in [-0.2, 0) is 24.2 Å². The molecule has 2 amide bonds. The molecule has 1 heterocycles. The van der Waals surface area contributed by atoms with Crippen LogP contribution < -0.4 is 0 Å². The van der Waals surface area contributed by atoms with E-state index in [9.17, 15) is 9.59 Å². The SMILES string of the molecule is O=C1c2ccccc2C(=O)N1[O][Ti]. The minimum atomic E-state index is -0.400. The van der Waals surface area contributed by atoms with Gasteiger partial charge >= 0.3 is 86.1 Å². The van der Waals surface area contributed by atoms with Gasteiger partial charge in [0, 0.05) is 0 Å². The van der Waals surface area contributed by atoms with Gasteiger partial charge in [0.1, 0.15) is 0 Å². The van der Waals surface area contributed by atoms with Crippen LogP contribution in [0.25, 0.3) is 0 Å². The number of nitrogens with zero attached hydrogens (tertiary/aromatic N) is 1. The molecule has 0 aliphatic carbocycles. The van der Waals surface area contributed by atoms with Crippen molar-refractivity contribution in [1.29, 1.82) is 0 Å². The van der Waals surface area contributed by atoms with E-state index in [1.807, 2.05) is 0 Å². The Morgan fingerprint density at radius 2 is 1.54 bits per heavy atom. The van der Waals surface area contributed by atoms with Gasteiger partial charge in [-0.05, 0) is 0 Å². The van der Waals surface area contributed by atoms with E-state index in [2.05, 4.69) is 3.42 Å². The molecule has 4 nitrogen and oxygen atoms in total. The number of rotatable bonds is 1. The van der Waals surface area contributed by atoms with Crippen molar-refractivity contribution in [3.05, 3.63) is 35.4 Å². The summed E-state index contributed by atoms with van der Waals surface area (Å²) in [7, 11) is 0. The number of carbonyl (C=O) groups excluding carboxylic acids is 2. The number of carbonyl (C=O) groups is 2. The maximum atomic E-state index is 11.4. The molecule has 0 saturated heterocycles. The summed E-state index contributed by atoms with van der Waals surface area (Å²) in [6.07, 6.45) is 0. The summed E-state index contributed by atoms with van der Waals surface area (Å²) in [5.74, 6) is -0.800. The van der Waals surface area contributed by atoms with Crippen LogP contribution in [0.2, 0.25) is 0 Å². The summed E-state index contributed by atoms with van der Waals surface area (Å²) in [5.41, 5.74) is 0.795. The second-order valence-corrected chi connectivity index (χ2v) is 2.83. The summed E-state index contributed by atoms with van der Waals surface area (Å²) < 4.78 is 4.65. The Morgan fingerprint density at radius 3 is 1.92 bits per heavy atom. The van der Waals surface area contributed by atoms with Gasteiger partial charge in [-0.2, -0.15) is 0 Å². The first-order valence-corrected chi connectivity index (χ1v) is 4.21. The van der Waals surface area contributed by atoms with Gasteiger partial charge in [0.2, 0.25) is 0 Å². The van der Waals surface area contributed by atoms with E-state index < -0.39 is 11.8 Å². The zero-order chi connectivity index (χ0) is 9.42. The summed E-state index contributed by atoms with van der Waals surface area (Å²) in [5, 5.41) is 0.755. The van der Waals surface area contributed by atoms with Gasteiger partial charge in [0.25, 0.3) is 0 Å². The van der Waals surface area contributed by atoms with Crippen molar-refractivity contribution < 1.29 is 33.8 Å². The number of benzene rings is 1. The van der Waals surface area contributed by atoms with Crippen molar-refractivity contribution >= 4 is 11.8 Å². The molecule has 0 bridgehead atoms. The molecule has 1 aliphatic rings. The van der Waals surface area contributed by atoms with Gasteiger partial charge in [-0.1, -0.05) is 0 Å². The topological polar surface area (TPSA) is 46.6 Å². The molecular weight excluding hydrogens is 206 g/mol. The van der Waals surface area contributed by atoms with Crippen molar-refractivity contribution in [2.24, 2.45) is 0 Å². The normalized spacial score (nSPS) is 14.8. The summed E-state index contributed by atoms with van der Waals surface area (Å²) in [6.45, 7) is 0. The summed E-state index contributed by atoms with van der Waals surface area (Å²) in [6, 6.07) is 6.63. The third kappa shape index (κ3) is 1.15. The summed E-state index contributed by atoms with van der Waals surface area (Å²) >= 11 is 1.29. The number of imide groups is 1. The molecule has 0 aromatic heterocycles. The number of amides is 2. The molecule has 0 fully saturated rings. The van der Waals surface area contributed by atoms with Crippen LogP contribution in [0.1, 0.15) is 20.7 Å². The molecule has 1 aromatic carbocycles. The number of hydrogen-bond acceptors (Lipinski definition) is 3. The number of fused-ring (bicyclic) bond motifs is 1. The fourth-order valence-electron chi connectivity index (χ4n) is 1.25. The predicted octanol–water partition coefficient (Wildman–Crippen LogP) is 0.676. The van der Waals surface area contributed by atoms with Crippen LogP contribution >= 0.6 is 0 Å². The number of hydrogen-bond donors (Lipinski definition) is 0. The standard InChI is InChI=1S/C8H4NO3.Ti/c10-7-5-3-1-2-4-6(5)8(11)9(7)12;/h1-4H;/q-1;+1. The first-order chi connectivity index (χ1) is 6.25. The van der Waals surface area contributed by atoms with Gasteiger partial charge in [-0.3, -0.25) is 0 Å². The van der Waals surface area contributed by atoms with E-state index >= 15 is 0 Å². The Labute approximate surface area is 86.3 Å². The molecule has 63 valence electrons. The Bertz CT molecular complexity index is 356. The van der Waals surface area contributed by atoms with E-state index in [-0.39, 0.29) is 0 Å². The molecule has 0 atom stereocenters. The first kappa shape index (κ1) is 8.62. The van der Waals surface area contributed by atoms with Crippen molar-refractivity contribution in [3.63, 3.8) is 0 Å². The molecule has 1 aromatic rings. The molecule has 2 rings (SSSR count). The fraction of sp³-hybridized carbons (Fsp3) is 0. The predicted molar refractivity (Wildman–Crippen MR) is 38.0 cm³/mol. The van der Waals surface area contributed by atoms with Gasteiger partial charge in [-0.15, -0.1) is 0 Å². The molecule has 0 unspecified atom stereocenters. The van der Waals surface area contributed by atoms with Crippen LogP contribution in [0.5, 0.6) is 0 Å². The maximum absolute atomic E-state index is 11.4. The quantitative estimate of drug-likeness (QED) is 0.505. The Morgan fingerprint density at radius 1 is 1.08 bits per heavy atom. The molecule has 13 heavy (non-hydrogen) atoms. The molecular formula is C8H4NO3Ti. The first-order valence-electron chi connectivity index (χ1n) is 3.57. The zero-order valence-electron chi connectivity index (χ0n) is 6.48. The van der Waals surface area contributed by atoms with Crippen molar-refractivity contribution in [2.45, 2.75) is 0 Å². The van der Waals surface area contributed by atoms with Crippen molar-refractivity contribution in [1.82, 2.24) is 5.06 Å². The Hall–Kier alpha value is -0.966. The molecule has 0 N–H and O–H groups in total. The minimum absolute atomic E-state index is 0.398. The average Bonchev–Trinajstić information content (AvgIpc) is 2.41. The Balaban J connectivity index is 2.57. The van der Waals surface area contributed by atoms with Gasteiger partial charge < -0.3 is 0 Å². The third-order valence-corrected chi connectivity index (χ3v) is 2.13. The monoisotopic (exact) mass is 210 g/mol. The molecule has 1 aliphatic heterocycles. The van der Waals surface area contributed by atoms with E-state index in [1.165, 1.54) is 20.8 Å². The second-order valence-electron chi connectivity index (χ2n) is 2.54. The van der Waals surface area contributed by atoms with Crippen LogP contribution in [0.15, 0.2) is 24.3 Å². The molecule has 0 saturated carbocycles. The van der Waals surface area contributed by atoms with E-state index in [1.54, 1.807) is 24.3 Å². The molecule has 5 heteroatoms. The molecule has 0 spiro atoms. The van der Waals surface area contributed by atoms with Crippen LogP contribution in [0, 0.1) is 0 Å². The van der Waals surface area contributed by atoms with E-state index in [0.29, 0.717) is 11.1 Å². The van der Waals surface area contributed by atoms with E-state index in [0.717, 1.165) is 5.06 Å². The van der Waals surface area contributed by atoms with Crippen LogP contribution in [-0.4, -0.2) is 16.9 Å². The van der Waals surface area contributed by atoms with Gasteiger partial charge in [-0.25, -0.2) is 0 Å². The molecule has 0 radical (unpaired) electrons. The van der Waals surface area contributed by atoms with Crippen LogP contribution in [0.4, 0.5) is 0 Å². The Kier molecular flexibility index (Phi) is 2.03. The second kappa shape index (κ2) is 3.07. The third-order valence-electron chi connectivity index (χ3n) is 1.85. The number of hydroxylamine groups is 2. The van der Waals surface area contributed by atoms with Gasteiger partial charge in [0.15, 0.2) is 0 Å². The van der Waals surface area contributed by atoms with E-state index in [4.69, 9.17) is 0 Å². The van der Waals surface area contributed by atoms with Crippen molar-refractivity contribution in [2.75, 3.05) is 0 Å².